The van der Waals surface area contributed by atoms with Gasteiger partial charge in [-0.1, -0.05) is 90.5 Å². The molecule has 0 unspecified atom stereocenters. The molecule has 1 aromatic heterocycles. The van der Waals surface area contributed by atoms with Crippen molar-refractivity contribution in [2.75, 3.05) is 0 Å². The summed E-state index contributed by atoms with van der Waals surface area (Å²) in [6, 6.07) is 31.6. The lowest BCUT2D eigenvalue weighted by Crippen LogP contribution is -2.04. The molecular formula is C27H19ClN4O3. The van der Waals surface area contributed by atoms with E-state index in [9.17, 15) is 10.1 Å². The number of benzene rings is 4. The van der Waals surface area contributed by atoms with Gasteiger partial charge in [-0.2, -0.15) is 0 Å². The zero-order valence-electron chi connectivity index (χ0n) is 18.4. The molecule has 7 nitrogen and oxygen atoms in total. The van der Waals surface area contributed by atoms with Crippen LogP contribution < -0.4 is 4.74 Å². The first kappa shape index (κ1) is 22.3. The highest BCUT2D eigenvalue weighted by Crippen LogP contribution is 2.38. The number of ether oxygens (including phenoxy) is 1. The largest absolute Gasteiger partial charge is 0.449 e. The number of hydrogen-bond acceptors (Lipinski definition) is 5. The minimum atomic E-state index is -0.516. The van der Waals surface area contributed by atoms with Gasteiger partial charge in [0.1, 0.15) is 5.75 Å². The fourth-order valence-electron chi connectivity index (χ4n) is 3.76. The lowest BCUT2D eigenvalue weighted by Gasteiger charge is -2.12. The van der Waals surface area contributed by atoms with Crippen LogP contribution in [-0.2, 0) is 6.54 Å². The van der Waals surface area contributed by atoms with E-state index >= 15 is 0 Å². The SMILES string of the molecule is O=[N+]([O-])c1cccc(Cl)c1Oc1ccc(Cn2c(-c3ccccc3)nnc2-c2ccccc2)cc1. The van der Waals surface area contributed by atoms with Gasteiger partial charge in [-0.15, -0.1) is 10.2 Å². The molecule has 0 amide bonds. The van der Waals surface area contributed by atoms with Gasteiger partial charge in [-0.25, -0.2) is 0 Å². The highest BCUT2D eigenvalue weighted by Gasteiger charge is 2.19. The molecule has 0 aliphatic carbocycles. The summed E-state index contributed by atoms with van der Waals surface area (Å²) in [5, 5.41) is 20.5. The first-order chi connectivity index (χ1) is 17.1. The van der Waals surface area contributed by atoms with Crippen LogP contribution in [0.15, 0.2) is 103 Å². The number of rotatable bonds is 7. The molecule has 172 valence electrons. The van der Waals surface area contributed by atoms with Gasteiger partial charge >= 0.3 is 5.69 Å². The maximum Gasteiger partial charge on any atom is 0.313 e. The smallest absolute Gasteiger partial charge is 0.313 e. The third-order valence-corrected chi connectivity index (χ3v) is 5.74. The molecule has 5 rings (SSSR count). The molecule has 5 aromatic rings. The van der Waals surface area contributed by atoms with Crippen LogP contribution in [0, 0.1) is 10.1 Å². The van der Waals surface area contributed by atoms with E-state index in [0.717, 1.165) is 28.3 Å². The molecule has 0 saturated heterocycles. The minimum absolute atomic E-state index is 0.0171. The lowest BCUT2D eigenvalue weighted by molar-refractivity contribution is -0.385. The van der Waals surface area contributed by atoms with E-state index < -0.39 is 4.92 Å². The third kappa shape index (κ3) is 4.76. The summed E-state index contributed by atoms with van der Waals surface area (Å²) in [5.74, 6) is 1.98. The Kier molecular flexibility index (Phi) is 6.24. The van der Waals surface area contributed by atoms with Crippen LogP contribution in [0.1, 0.15) is 5.56 Å². The van der Waals surface area contributed by atoms with Crippen LogP contribution in [0.25, 0.3) is 22.8 Å². The van der Waals surface area contributed by atoms with E-state index in [0.29, 0.717) is 12.3 Å². The Morgan fingerprint density at radius 2 is 1.34 bits per heavy atom. The van der Waals surface area contributed by atoms with E-state index in [2.05, 4.69) is 14.8 Å². The maximum atomic E-state index is 11.3. The van der Waals surface area contributed by atoms with Crippen LogP contribution in [0.4, 0.5) is 5.69 Å². The van der Waals surface area contributed by atoms with Gasteiger partial charge in [-0.3, -0.25) is 10.1 Å². The predicted octanol–water partition coefficient (Wildman–Crippen LogP) is 7.01. The van der Waals surface area contributed by atoms with E-state index in [-0.39, 0.29) is 16.5 Å². The van der Waals surface area contributed by atoms with Gasteiger partial charge in [0.25, 0.3) is 0 Å². The topological polar surface area (TPSA) is 83.1 Å². The van der Waals surface area contributed by atoms with Crippen LogP contribution in [0.5, 0.6) is 11.5 Å². The fraction of sp³-hybridized carbons (Fsp3) is 0.0370. The molecule has 0 N–H and O–H groups in total. The second kappa shape index (κ2) is 9.79. The van der Waals surface area contributed by atoms with Crippen molar-refractivity contribution in [3.8, 4) is 34.3 Å². The van der Waals surface area contributed by atoms with Crippen LogP contribution >= 0.6 is 11.6 Å². The summed E-state index contributed by atoms with van der Waals surface area (Å²) in [6.45, 7) is 0.522. The molecule has 0 aliphatic heterocycles. The monoisotopic (exact) mass is 482 g/mol. The van der Waals surface area contributed by atoms with E-state index in [1.165, 1.54) is 12.1 Å². The Morgan fingerprint density at radius 3 is 1.89 bits per heavy atom. The molecule has 1 heterocycles. The summed E-state index contributed by atoms with van der Waals surface area (Å²) in [6.07, 6.45) is 0. The highest BCUT2D eigenvalue weighted by molar-refractivity contribution is 6.32. The van der Waals surface area contributed by atoms with Crippen molar-refractivity contribution in [3.63, 3.8) is 0 Å². The summed E-state index contributed by atoms with van der Waals surface area (Å²) in [5.41, 5.74) is 2.73. The number of nitro groups is 1. The molecule has 8 heteroatoms. The standard InChI is InChI=1S/C27H19ClN4O3/c28-23-12-7-13-24(32(33)34)25(23)35-22-16-14-19(15-17-22)18-31-26(20-8-3-1-4-9-20)29-30-27(31)21-10-5-2-6-11-21/h1-17H,18H2. The van der Waals surface area contributed by atoms with Crippen molar-refractivity contribution in [2.24, 2.45) is 0 Å². The zero-order chi connectivity index (χ0) is 24.2. The zero-order valence-corrected chi connectivity index (χ0v) is 19.2. The molecule has 0 atom stereocenters. The molecule has 0 saturated carbocycles. The summed E-state index contributed by atoms with van der Waals surface area (Å²) >= 11 is 6.15. The van der Waals surface area contributed by atoms with Gasteiger partial charge in [-0.05, 0) is 23.8 Å². The lowest BCUT2D eigenvalue weighted by atomic mass is 10.1. The average Bonchev–Trinajstić information content (AvgIpc) is 3.30. The summed E-state index contributed by atoms with van der Waals surface area (Å²) < 4.78 is 7.84. The summed E-state index contributed by atoms with van der Waals surface area (Å²) in [4.78, 5) is 10.8. The molecule has 0 radical (unpaired) electrons. The molecule has 35 heavy (non-hydrogen) atoms. The Labute approximate surface area is 206 Å². The molecule has 0 fully saturated rings. The van der Waals surface area contributed by atoms with Crippen LogP contribution in [0.3, 0.4) is 0 Å². The Morgan fingerprint density at radius 1 is 0.771 bits per heavy atom. The van der Waals surface area contributed by atoms with E-state index in [1.54, 1.807) is 18.2 Å². The van der Waals surface area contributed by atoms with Gasteiger partial charge < -0.3 is 9.30 Å². The number of nitro benzene ring substituents is 1. The van der Waals surface area contributed by atoms with E-state index in [4.69, 9.17) is 16.3 Å². The summed E-state index contributed by atoms with van der Waals surface area (Å²) in [7, 11) is 0. The van der Waals surface area contributed by atoms with Crippen LogP contribution in [0.2, 0.25) is 5.02 Å². The number of aromatic nitrogens is 3. The van der Waals surface area contributed by atoms with Gasteiger partial charge in [0.15, 0.2) is 11.6 Å². The van der Waals surface area contributed by atoms with Gasteiger partial charge in [0.2, 0.25) is 5.75 Å². The molecular weight excluding hydrogens is 464 g/mol. The Balaban J connectivity index is 1.46. The molecule has 0 spiro atoms. The molecule has 0 aliphatic rings. The van der Waals surface area contributed by atoms with Crippen molar-refractivity contribution in [1.29, 1.82) is 0 Å². The van der Waals surface area contributed by atoms with Crippen molar-refractivity contribution < 1.29 is 9.66 Å². The van der Waals surface area contributed by atoms with Crippen molar-refractivity contribution in [2.45, 2.75) is 6.54 Å². The number of hydrogen-bond donors (Lipinski definition) is 0. The second-order valence-electron chi connectivity index (χ2n) is 7.76. The first-order valence-electron chi connectivity index (χ1n) is 10.8. The average molecular weight is 483 g/mol. The van der Waals surface area contributed by atoms with Crippen molar-refractivity contribution >= 4 is 17.3 Å². The fourth-order valence-corrected chi connectivity index (χ4v) is 3.97. The normalized spacial score (nSPS) is 10.8. The van der Waals surface area contributed by atoms with Crippen molar-refractivity contribution in [1.82, 2.24) is 14.8 Å². The Hall–Kier alpha value is -4.49. The number of nitrogens with zero attached hydrogens (tertiary/aromatic N) is 4. The third-order valence-electron chi connectivity index (χ3n) is 5.44. The van der Waals surface area contributed by atoms with Crippen molar-refractivity contribution in [3.05, 3.63) is 124 Å². The van der Waals surface area contributed by atoms with E-state index in [1.807, 2.05) is 72.8 Å². The molecule has 4 aromatic carbocycles. The quantitative estimate of drug-likeness (QED) is 0.184. The van der Waals surface area contributed by atoms with Gasteiger partial charge in [0, 0.05) is 17.2 Å². The van der Waals surface area contributed by atoms with Gasteiger partial charge in [0.05, 0.1) is 16.5 Å². The number of para-hydroxylation sites is 1. The predicted molar refractivity (Wildman–Crippen MR) is 135 cm³/mol. The molecule has 0 bridgehead atoms. The maximum absolute atomic E-state index is 11.3. The number of halogens is 1. The minimum Gasteiger partial charge on any atom is -0.449 e. The second-order valence-corrected chi connectivity index (χ2v) is 8.16. The first-order valence-corrected chi connectivity index (χ1v) is 11.2. The highest BCUT2D eigenvalue weighted by atomic mass is 35.5. The van der Waals surface area contributed by atoms with Crippen LogP contribution in [-0.4, -0.2) is 19.7 Å². The Bertz CT molecular complexity index is 1410.